The number of hydrogen-bond donors (Lipinski definition) is 2. The molecule has 0 saturated carbocycles. The topological polar surface area (TPSA) is 85.0 Å². The van der Waals surface area contributed by atoms with Crippen molar-refractivity contribution < 1.29 is 14.4 Å². The second-order valence-electron chi connectivity index (χ2n) is 10.6. The van der Waals surface area contributed by atoms with Gasteiger partial charge < -0.3 is 25.3 Å². The number of nitrogens with one attached hydrogen (secondary N) is 2. The number of carbonyl (C=O) groups is 3. The molecule has 1 fully saturated rings. The van der Waals surface area contributed by atoms with E-state index < -0.39 is 0 Å². The van der Waals surface area contributed by atoms with Crippen molar-refractivity contribution in [1.82, 2.24) is 15.1 Å². The largest absolute Gasteiger partial charge is 0.366 e. The summed E-state index contributed by atoms with van der Waals surface area (Å²) in [5, 5.41) is 7.47. The van der Waals surface area contributed by atoms with Crippen molar-refractivity contribution in [3.63, 3.8) is 0 Å². The van der Waals surface area contributed by atoms with E-state index in [-0.39, 0.29) is 17.7 Å². The summed E-state index contributed by atoms with van der Waals surface area (Å²) in [6, 6.07) is 17.3. The summed E-state index contributed by atoms with van der Waals surface area (Å²) >= 11 is 18.4. The Balaban J connectivity index is 1.46. The summed E-state index contributed by atoms with van der Waals surface area (Å²) in [7, 11) is 0. The highest BCUT2D eigenvalue weighted by molar-refractivity contribution is 6.35. The zero-order chi connectivity index (χ0) is 31.6. The van der Waals surface area contributed by atoms with Crippen LogP contribution in [0.4, 0.5) is 11.4 Å². The van der Waals surface area contributed by atoms with Gasteiger partial charge in [-0.25, -0.2) is 0 Å². The molecule has 11 heteroatoms. The number of nitrogens with zero attached hydrogens (tertiary/aromatic N) is 3. The van der Waals surface area contributed by atoms with Crippen molar-refractivity contribution >= 4 is 63.9 Å². The van der Waals surface area contributed by atoms with Crippen LogP contribution in [-0.2, 0) is 11.2 Å². The molecule has 234 valence electrons. The lowest BCUT2D eigenvalue weighted by atomic mass is 10.1. The Morgan fingerprint density at radius 2 is 1.52 bits per heavy atom. The number of anilines is 2. The highest BCUT2D eigenvalue weighted by atomic mass is 35.5. The summed E-state index contributed by atoms with van der Waals surface area (Å²) in [6.07, 6.45) is 1.03. The molecular formula is C33H38Cl3N5O3. The molecule has 3 aromatic carbocycles. The van der Waals surface area contributed by atoms with Crippen LogP contribution < -0.4 is 15.5 Å². The van der Waals surface area contributed by atoms with Gasteiger partial charge in [0.1, 0.15) is 0 Å². The zero-order valence-corrected chi connectivity index (χ0v) is 27.3. The summed E-state index contributed by atoms with van der Waals surface area (Å²) in [5.74, 6) is -0.463. The van der Waals surface area contributed by atoms with Crippen LogP contribution in [0.2, 0.25) is 15.1 Å². The average molecular weight is 659 g/mol. The van der Waals surface area contributed by atoms with E-state index in [1.165, 1.54) is 0 Å². The van der Waals surface area contributed by atoms with E-state index in [4.69, 9.17) is 34.8 Å². The average Bonchev–Trinajstić information content (AvgIpc) is 3.02. The fourth-order valence-electron chi connectivity index (χ4n) is 5.16. The lowest BCUT2D eigenvalue weighted by Gasteiger charge is -2.37. The third-order valence-electron chi connectivity index (χ3n) is 7.80. The van der Waals surface area contributed by atoms with Crippen LogP contribution in [0.25, 0.3) is 0 Å². The van der Waals surface area contributed by atoms with Crippen LogP contribution in [0.3, 0.4) is 0 Å². The molecule has 0 aromatic heterocycles. The Morgan fingerprint density at radius 3 is 2.20 bits per heavy atom. The smallest absolute Gasteiger partial charge is 0.255 e. The molecule has 3 aromatic rings. The van der Waals surface area contributed by atoms with Crippen LogP contribution in [0.1, 0.15) is 46.5 Å². The predicted octanol–water partition coefficient (Wildman–Crippen LogP) is 6.25. The van der Waals surface area contributed by atoms with Crippen molar-refractivity contribution in [3.8, 4) is 0 Å². The standard InChI is InChI=1S/C33H38Cl3N5O3/c1-3-39(4-2)15-13-31(42)41-18-16-40(17-19-41)30-11-9-25(21-29(30)38-33(44)24-6-5-7-26(34)20-24)32(43)37-14-12-23-8-10-27(35)22-28(23)36/h5-11,20-22H,3-4,12-19H2,1-2H3,(H,37,43)(H,38,44). The number of carbonyl (C=O) groups excluding carboxylic acids is 3. The van der Waals surface area contributed by atoms with Crippen molar-refractivity contribution in [2.45, 2.75) is 26.7 Å². The van der Waals surface area contributed by atoms with Gasteiger partial charge in [-0.3, -0.25) is 14.4 Å². The first-order valence-electron chi connectivity index (χ1n) is 14.9. The molecule has 1 heterocycles. The molecule has 1 aliphatic rings. The first-order chi connectivity index (χ1) is 21.2. The molecule has 4 rings (SSSR count). The first-order valence-corrected chi connectivity index (χ1v) is 16.0. The molecule has 8 nitrogen and oxygen atoms in total. The minimum atomic E-state index is -0.339. The molecule has 3 amide bonds. The summed E-state index contributed by atoms with van der Waals surface area (Å²) in [5.41, 5.74) is 2.97. The van der Waals surface area contributed by atoms with E-state index in [2.05, 4.69) is 34.3 Å². The molecule has 1 saturated heterocycles. The summed E-state index contributed by atoms with van der Waals surface area (Å²) in [4.78, 5) is 45.5. The van der Waals surface area contributed by atoms with Gasteiger partial charge in [0.25, 0.3) is 11.8 Å². The Hall–Kier alpha value is -3.30. The molecule has 0 unspecified atom stereocenters. The van der Waals surface area contributed by atoms with Gasteiger partial charge in [-0.15, -0.1) is 0 Å². The van der Waals surface area contributed by atoms with Crippen molar-refractivity contribution in [3.05, 3.63) is 92.4 Å². The van der Waals surface area contributed by atoms with Crippen molar-refractivity contribution in [2.75, 3.05) is 62.6 Å². The second kappa shape index (κ2) is 16.1. The van der Waals surface area contributed by atoms with Gasteiger partial charge in [-0.2, -0.15) is 0 Å². The number of benzene rings is 3. The SMILES string of the molecule is CCN(CC)CCC(=O)N1CCN(c2ccc(C(=O)NCCc3ccc(Cl)cc3Cl)cc2NC(=O)c2cccc(Cl)c2)CC1. The number of halogens is 3. The monoisotopic (exact) mass is 657 g/mol. The maximum Gasteiger partial charge on any atom is 0.255 e. The van der Waals surface area contributed by atoms with Crippen molar-refractivity contribution in [1.29, 1.82) is 0 Å². The van der Waals surface area contributed by atoms with E-state index in [1.807, 2.05) is 17.0 Å². The lowest BCUT2D eigenvalue weighted by Crippen LogP contribution is -2.49. The molecule has 1 aliphatic heterocycles. The van der Waals surface area contributed by atoms with Gasteiger partial charge in [0, 0.05) is 71.9 Å². The third kappa shape index (κ3) is 9.11. The maximum absolute atomic E-state index is 13.2. The minimum absolute atomic E-state index is 0.151. The van der Waals surface area contributed by atoms with Crippen molar-refractivity contribution in [2.24, 2.45) is 0 Å². The third-order valence-corrected chi connectivity index (χ3v) is 8.62. The molecule has 0 spiro atoms. The normalized spacial score (nSPS) is 13.2. The first kappa shape index (κ1) is 33.6. The van der Waals surface area contributed by atoms with E-state index in [9.17, 15) is 14.4 Å². The number of amides is 3. The number of rotatable bonds is 12. The Bertz CT molecular complexity index is 1470. The fraction of sp³-hybridized carbons (Fsp3) is 0.364. The number of hydrogen-bond acceptors (Lipinski definition) is 5. The van der Waals surface area contributed by atoms with Gasteiger partial charge in [-0.05, 0) is 73.6 Å². The highest BCUT2D eigenvalue weighted by Crippen LogP contribution is 2.29. The minimum Gasteiger partial charge on any atom is -0.366 e. The van der Waals surface area contributed by atoms with E-state index in [1.54, 1.807) is 48.5 Å². The summed E-state index contributed by atoms with van der Waals surface area (Å²) in [6.45, 7) is 9.53. The Kier molecular flexibility index (Phi) is 12.3. The van der Waals surface area contributed by atoms with Gasteiger partial charge in [0.15, 0.2) is 0 Å². The second-order valence-corrected chi connectivity index (χ2v) is 11.9. The van der Waals surface area contributed by atoms with Crippen LogP contribution in [0, 0.1) is 0 Å². The fourth-order valence-corrected chi connectivity index (χ4v) is 5.86. The molecule has 2 N–H and O–H groups in total. The van der Waals surface area contributed by atoms with Gasteiger partial charge in [-0.1, -0.05) is 60.8 Å². The molecule has 0 atom stereocenters. The molecule has 0 bridgehead atoms. The Labute approximate surface area is 274 Å². The molecular weight excluding hydrogens is 621 g/mol. The van der Waals surface area contributed by atoms with E-state index in [0.29, 0.717) is 77.4 Å². The van der Waals surface area contributed by atoms with Crippen LogP contribution in [0.5, 0.6) is 0 Å². The van der Waals surface area contributed by atoms with Gasteiger partial charge >= 0.3 is 0 Å². The predicted molar refractivity (Wildman–Crippen MR) is 180 cm³/mol. The van der Waals surface area contributed by atoms with Crippen LogP contribution >= 0.6 is 34.8 Å². The maximum atomic E-state index is 13.2. The quantitative estimate of drug-likeness (QED) is 0.240. The van der Waals surface area contributed by atoms with Gasteiger partial charge in [0.2, 0.25) is 5.91 Å². The lowest BCUT2D eigenvalue weighted by molar-refractivity contribution is -0.131. The molecule has 44 heavy (non-hydrogen) atoms. The van der Waals surface area contributed by atoms with Gasteiger partial charge in [0.05, 0.1) is 11.4 Å². The summed E-state index contributed by atoms with van der Waals surface area (Å²) < 4.78 is 0. The van der Waals surface area contributed by atoms with Crippen LogP contribution in [0.15, 0.2) is 60.7 Å². The zero-order valence-electron chi connectivity index (χ0n) is 25.0. The Morgan fingerprint density at radius 1 is 0.818 bits per heavy atom. The van der Waals surface area contributed by atoms with E-state index >= 15 is 0 Å². The molecule has 0 aliphatic carbocycles. The highest BCUT2D eigenvalue weighted by Gasteiger charge is 2.24. The van der Waals surface area contributed by atoms with E-state index in [0.717, 1.165) is 30.9 Å². The number of piperazine rings is 1. The van der Waals surface area contributed by atoms with Crippen LogP contribution in [-0.4, -0.2) is 79.9 Å². The molecule has 0 radical (unpaired) electrons.